The first-order valence-electron chi connectivity index (χ1n) is 11.3. The van der Waals surface area contributed by atoms with Gasteiger partial charge in [-0.15, -0.1) is 0 Å². The molecule has 32 heavy (non-hydrogen) atoms. The molecule has 0 saturated carbocycles. The van der Waals surface area contributed by atoms with Gasteiger partial charge < -0.3 is 25.2 Å². The molecule has 0 bridgehead atoms. The van der Waals surface area contributed by atoms with Gasteiger partial charge in [0.05, 0.1) is 14.1 Å². The SMILES string of the molecule is [2H]C(O)(Cc1ccccc1)[C@]1(Cc2ccccc2)O[C@H](CO)[C@@H](O)[C@@]1(O)Cc1ccccc1. The standard InChI is InChI=1S/C27H30O5/c28-19-23-25(30)26(31,17-21-12-6-2-7-13-21)27(32-23,18-22-14-8-3-9-15-22)24(29)16-20-10-4-1-5-11-20/h1-15,23-25,28-31H,16-19H2/t23-,24?,25-,26+,27+/m1/s1/i24D. The van der Waals surface area contributed by atoms with Gasteiger partial charge in [0, 0.05) is 19.3 Å². The second-order valence-electron chi connectivity index (χ2n) is 8.47. The van der Waals surface area contributed by atoms with Gasteiger partial charge in [-0.2, -0.15) is 0 Å². The van der Waals surface area contributed by atoms with E-state index < -0.39 is 36.1 Å². The molecule has 4 rings (SSSR count). The molecule has 0 aliphatic carbocycles. The van der Waals surface area contributed by atoms with Crippen molar-refractivity contribution in [3.05, 3.63) is 108 Å². The third-order valence-corrected chi connectivity index (χ3v) is 6.37. The van der Waals surface area contributed by atoms with Crippen LogP contribution < -0.4 is 0 Å². The fourth-order valence-corrected chi connectivity index (χ4v) is 4.69. The quantitative estimate of drug-likeness (QED) is 0.436. The topological polar surface area (TPSA) is 90.2 Å². The molecule has 5 nitrogen and oxygen atoms in total. The largest absolute Gasteiger partial charge is 0.394 e. The Morgan fingerprint density at radius 2 is 1.28 bits per heavy atom. The van der Waals surface area contributed by atoms with Gasteiger partial charge >= 0.3 is 0 Å². The molecule has 0 amide bonds. The molecule has 0 spiro atoms. The van der Waals surface area contributed by atoms with E-state index in [0.29, 0.717) is 11.1 Å². The maximum Gasteiger partial charge on any atom is 0.130 e. The lowest BCUT2D eigenvalue weighted by molar-refractivity contribution is -0.195. The van der Waals surface area contributed by atoms with Crippen molar-refractivity contribution >= 4 is 0 Å². The predicted octanol–water partition coefficient (Wildman–Crippen LogP) is 2.30. The number of rotatable bonds is 8. The maximum atomic E-state index is 12.1. The highest BCUT2D eigenvalue weighted by atomic mass is 16.6. The lowest BCUT2D eigenvalue weighted by atomic mass is 9.69. The summed E-state index contributed by atoms with van der Waals surface area (Å²) in [5.74, 6) is 0. The van der Waals surface area contributed by atoms with Crippen LogP contribution in [0.3, 0.4) is 0 Å². The Kier molecular flexibility index (Phi) is 6.35. The minimum atomic E-state index is -2.33. The zero-order valence-electron chi connectivity index (χ0n) is 18.8. The van der Waals surface area contributed by atoms with Crippen LogP contribution in [0.15, 0.2) is 91.0 Å². The molecule has 1 saturated heterocycles. The summed E-state index contributed by atoms with van der Waals surface area (Å²) in [4.78, 5) is 0. The number of aliphatic hydroxyl groups excluding tert-OH is 2. The molecule has 168 valence electrons. The molecule has 4 N–H and O–H groups in total. The van der Waals surface area contributed by atoms with Crippen LogP contribution in [0.1, 0.15) is 18.1 Å². The van der Waals surface area contributed by atoms with Crippen LogP contribution in [0, 0.1) is 0 Å². The van der Waals surface area contributed by atoms with E-state index in [4.69, 9.17) is 6.11 Å². The van der Waals surface area contributed by atoms with Crippen molar-refractivity contribution in [2.45, 2.75) is 48.8 Å². The number of ether oxygens (including phenoxy) is 1. The number of hydrogen-bond acceptors (Lipinski definition) is 5. The minimum absolute atomic E-state index is 0.0302. The van der Waals surface area contributed by atoms with Gasteiger partial charge in [0.1, 0.15) is 23.4 Å². The summed E-state index contributed by atoms with van der Waals surface area (Å²) in [5, 5.41) is 45.0. The Balaban J connectivity index is 1.86. The molecule has 3 aromatic rings. The molecule has 1 aliphatic rings. The van der Waals surface area contributed by atoms with Gasteiger partial charge in [0.25, 0.3) is 0 Å². The van der Waals surface area contributed by atoms with E-state index >= 15 is 0 Å². The molecule has 1 fully saturated rings. The molecule has 0 aromatic heterocycles. The van der Waals surface area contributed by atoms with Crippen LogP contribution >= 0.6 is 0 Å². The average molecular weight is 436 g/mol. The lowest BCUT2D eigenvalue weighted by Gasteiger charge is -2.45. The molecule has 1 aliphatic heterocycles. The van der Waals surface area contributed by atoms with Crippen molar-refractivity contribution in [2.24, 2.45) is 0 Å². The fourth-order valence-electron chi connectivity index (χ4n) is 4.69. The van der Waals surface area contributed by atoms with Crippen LogP contribution in [-0.2, 0) is 24.0 Å². The van der Waals surface area contributed by atoms with Gasteiger partial charge in [-0.25, -0.2) is 0 Å². The Labute approximate surface area is 190 Å². The molecular weight excluding hydrogens is 404 g/mol. The van der Waals surface area contributed by atoms with E-state index in [9.17, 15) is 20.4 Å². The monoisotopic (exact) mass is 435 g/mol. The van der Waals surface area contributed by atoms with Gasteiger partial charge in [0.15, 0.2) is 0 Å². The van der Waals surface area contributed by atoms with Crippen LogP contribution in [0.25, 0.3) is 0 Å². The number of benzene rings is 3. The van der Waals surface area contributed by atoms with Crippen molar-refractivity contribution in [1.82, 2.24) is 0 Å². The first-order chi connectivity index (χ1) is 15.8. The molecule has 1 heterocycles. The average Bonchev–Trinajstić information content (AvgIpc) is 3.03. The van der Waals surface area contributed by atoms with E-state index in [1.807, 2.05) is 78.9 Å². The van der Waals surface area contributed by atoms with Gasteiger partial charge in [-0.3, -0.25) is 0 Å². The van der Waals surface area contributed by atoms with Crippen molar-refractivity contribution in [2.75, 3.05) is 6.61 Å². The first-order valence-corrected chi connectivity index (χ1v) is 10.8. The smallest absolute Gasteiger partial charge is 0.130 e. The summed E-state index contributed by atoms with van der Waals surface area (Å²) in [6, 6.07) is 27.3. The van der Waals surface area contributed by atoms with Crippen LogP contribution in [0.2, 0.25) is 0 Å². The van der Waals surface area contributed by atoms with Crippen LogP contribution in [-0.4, -0.2) is 56.5 Å². The highest BCUT2D eigenvalue weighted by Crippen LogP contribution is 2.47. The summed E-state index contributed by atoms with van der Waals surface area (Å²) in [7, 11) is 0. The third kappa shape index (κ3) is 4.22. The zero-order chi connectivity index (χ0) is 23.5. The Morgan fingerprint density at radius 1 is 0.812 bits per heavy atom. The highest BCUT2D eigenvalue weighted by molar-refractivity contribution is 5.30. The van der Waals surface area contributed by atoms with Gasteiger partial charge in [-0.05, 0) is 16.7 Å². The van der Waals surface area contributed by atoms with E-state index in [1.54, 1.807) is 12.1 Å². The molecular formula is C27H30O5. The minimum Gasteiger partial charge on any atom is -0.394 e. The number of hydrogen-bond donors (Lipinski definition) is 4. The zero-order valence-corrected chi connectivity index (χ0v) is 17.8. The maximum absolute atomic E-state index is 12.1. The van der Waals surface area contributed by atoms with E-state index in [-0.39, 0.29) is 19.3 Å². The second kappa shape index (κ2) is 9.53. The lowest BCUT2D eigenvalue weighted by Crippen LogP contribution is -2.65. The molecule has 0 radical (unpaired) electrons. The van der Waals surface area contributed by atoms with E-state index in [1.165, 1.54) is 0 Å². The van der Waals surface area contributed by atoms with Gasteiger partial charge in [0.2, 0.25) is 0 Å². The van der Waals surface area contributed by atoms with Crippen LogP contribution in [0.5, 0.6) is 0 Å². The van der Waals surface area contributed by atoms with Crippen molar-refractivity contribution in [3.63, 3.8) is 0 Å². The van der Waals surface area contributed by atoms with Crippen molar-refractivity contribution < 1.29 is 26.5 Å². The number of aliphatic hydroxyl groups is 4. The highest BCUT2D eigenvalue weighted by Gasteiger charge is 2.67. The molecule has 5 atom stereocenters. The first kappa shape index (κ1) is 21.3. The normalized spacial score (nSPS) is 29.9. The van der Waals surface area contributed by atoms with Gasteiger partial charge in [-0.1, -0.05) is 91.0 Å². The Morgan fingerprint density at radius 3 is 1.78 bits per heavy atom. The van der Waals surface area contributed by atoms with E-state index in [2.05, 4.69) is 0 Å². The predicted molar refractivity (Wildman–Crippen MR) is 122 cm³/mol. The Hall–Kier alpha value is -2.54. The van der Waals surface area contributed by atoms with Crippen LogP contribution in [0.4, 0.5) is 0 Å². The second-order valence-corrected chi connectivity index (χ2v) is 8.47. The van der Waals surface area contributed by atoms with Crippen molar-refractivity contribution in [3.8, 4) is 0 Å². The third-order valence-electron chi connectivity index (χ3n) is 6.37. The van der Waals surface area contributed by atoms with E-state index in [0.717, 1.165) is 5.56 Å². The summed E-state index contributed by atoms with van der Waals surface area (Å²) in [6.07, 6.45) is -5.23. The van der Waals surface area contributed by atoms with Crippen molar-refractivity contribution in [1.29, 1.82) is 0 Å². The summed E-state index contributed by atoms with van der Waals surface area (Å²) in [6.45, 7) is -0.559. The molecule has 1 unspecified atom stereocenters. The fraction of sp³-hybridized carbons (Fsp3) is 0.333. The Bertz CT molecular complexity index is 1030. The molecule has 3 aromatic carbocycles. The summed E-state index contributed by atoms with van der Waals surface area (Å²) >= 11 is 0. The molecule has 5 heteroatoms. The summed E-state index contributed by atoms with van der Waals surface area (Å²) < 4.78 is 15.3. The summed E-state index contributed by atoms with van der Waals surface area (Å²) in [5.41, 5.74) is -1.85.